The van der Waals surface area contributed by atoms with Crippen molar-refractivity contribution in [3.63, 3.8) is 0 Å². The Kier molecular flexibility index (Phi) is 3.72. The second-order valence-corrected chi connectivity index (χ2v) is 5.83. The van der Waals surface area contributed by atoms with Crippen molar-refractivity contribution in [3.8, 4) is 5.75 Å². The minimum Gasteiger partial charge on any atom is -0.508 e. The van der Waals surface area contributed by atoms with Crippen LogP contribution in [-0.2, 0) is 6.54 Å². The summed E-state index contributed by atoms with van der Waals surface area (Å²) < 4.78 is 0. The Balaban J connectivity index is 1.91. The van der Waals surface area contributed by atoms with Gasteiger partial charge in [0, 0.05) is 12.6 Å². The summed E-state index contributed by atoms with van der Waals surface area (Å²) in [6, 6.07) is 8.09. The summed E-state index contributed by atoms with van der Waals surface area (Å²) in [6.07, 6.45) is 5.31. The average Bonchev–Trinajstić information content (AvgIpc) is 2.29. The van der Waals surface area contributed by atoms with Gasteiger partial charge in [0.25, 0.3) is 0 Å². The van der Waals surface area contributed by atoms with Crippen molar-refractivity contribution in [2.24, 2.45) is 5.41 Å². The summed E-state index contributed by atoms with van der Waals surface area (Å²) >= 11 is 0. The summed E-state index contributed by atoms with van der Waals surface area (Å²) in [5, 5.41) is 12.9. The third-order valence-corrected chi connectivity index (χ3v) is 4.00. The third-order valence-electron chi connectivity index (χ3n) is 4.00. The molecule has 0 bridgehead atoms. The monoisotopic (exact) mass is 233 g/mol. The van der Waals surface area contributed by atoms with Crippen LogP contribution in [0.5, 0.6) is 5.75 Å². The van der Waals surface area contributed by atoms with Crippen LogP contribution in [0.25, 0.3) is 0 Å². The Morgan fingerprint density at radius 2 is 1.94 bits per heavy atom. The summed E-state index contributed by atoms with van der Waals surface area (Å²) in [7, 11) is 0. The Morgan fingerprint density at radius 3 is 2.59 bits per heavy atom. The molecule has 1 saturated carbocycles. The molecule has 0 aliphatic heterocycles. The highest BCUT2D eigenvalue weighted by molar-refractivity contribution is 5.25. The molecule has 0 spiro atoms. The van der Waals surface area contributed by atoms with Crippen molar-refractivity contribution in [2.45, 2.75) is 52.1 Å². The van der Waals surface area contributed by atoms with Crippen LogP contribution in [0.1, 0.15) is 45.1 Å². The zero-order valence-electron chi connectivity index (χ0n) is 10.9. The van der Waals surface area contributed by atoms with Crippen molar-refractivity contribution < 1.29 is 5.11 Å². The minimum atomic E-state index is 0.340. The first kappa shape index (κ1) is 12.4. The van der Waals surface area contributed by atoms with Crippen molar-refractivity contribution in [3.05, 3.63) is 29.8 Å². The standard InChI is InChI=1S/C15H23NO/c1-15(2)10-4-3-5-14(15)16-11-12-6-8-13(17)9-7-12/h6-9,14,16-17H,3-5,10-11H2,1-2H3. The van der Waals surface area contributed by atoms with E-state index in [4.69, 9.17) is 0 Å². The topological polar surface area (TPSA) is 32.3 Å². The van der Waals surface area contributed by atoms with E-state index in [-0.39, 0.29) is 0 Å². The molecule has 17 heavy (non-hydrogen) atoms. The molecule has 2 N–H and O–H groups in total. The smallest absolute Gasteiger partial charge is 0.115 e. The van der Waals surface area contributed by atoms with Gasteiger partial charge in [-0.3, -0.25) is 0 Å². The summed E-state index contributed by atoms with van der Waals surface area (Å²) in [5.41, 5.74) is 1.65. The molecule has 0 radical (unpaired) electrons. The van der Waals surface area contributed by atoms with Crippen LogP contribution in [0.3, 0.4) is 0 Å². The van der Waals surface area contributed by atoms with Gasteiger partial charge in [0.15, 0.2) is 0 Å². The zero-order chi connectivity index (χ0) is 12.3. The maximum absolute atomic E-state index is 9.24. The molecule has 0 saturated heterocycles. The van der Waals surface area contributed by atoms with E-state index in [0.29, 0.717) is 17.2 Å². The Hall–Kier alpha value is -1.02. The zero-order valence-corrected chi connectivity index (χ0v) is 10.9. The lowest BCUT2D eigenvalue weighted by Gasteiger charge is -2.39. The average molecular weight is 233 g/mol. The number of aromatic hydroxyl groups is 1. The van der Waals surface area contributed by atoms with E-state index in [1.165, 1.54) is 31.2 Å². The molecule has 1 aliphatic rings. The summed E-state index contributed by atoms with van der Waals surface area (Å²) in [5.74, 6) is 0.340. The maximum atomic E-state index is 9.24. The molecule has 1 aromatic carbocycles. The number of benzene rings is 1. The molecule has 1 aromatic rings. The SMILES string of the molecule is CC1(C)CCCCC1NCc1ccc(O)cc1. The number of nitrogens with one attached hydrogen (secondary N) is 1. The van der Waals surface area contributed by atoms with Crippen LogP contribution < -0.4 is 5.32 Å². The van der Waals surface area contributed by atoms with Crippen LogP contribution in [0.2, 0.25) is 0 Å². The molecular formula is C15H23NO. The molecule has 1 fully saturated rings. The van der Waals surface area contributed by atoms with Crippen molar-refractivity contribution in [1.82, 2.24) is 5.32 Å². The van der Waals surface area contributed by atoms with Crippen molar-refractivity contribution in [1.29, 1.82) is 0 Å². The first-order valence-electron chi connectivity index (χ1n) is 6.59. The molecule has 0 heterocycles. The highest BCUT2D eigenvalue weighted by Crippen LogP contribution is 2.35. The first-order valence-corrected chi connectivity index (χ1v) is 6.59. The van der Waals surface area contributed by atoms with E-state index in [0.717, 1.165) is 6.54 Å². The number of phenols is 1. The largest absolute Gasteiger partial charge is 0.508 e. The van der Waals surface area contributed by atoms with E-state index in [1.54, 1.807) is 12.1 Å². The number of phenolic OH excluding ortho intramolecular Hbond substituents is 1. The summed E-state index contributed by atoms with van der Waals surface area (Å²) in [6.45, 7) is 5.62. The molecule has 1 atom stereocenters. The Morgan fingerprint density at radius 1 is 1.24 bits per heavy atom. The quantitative estimate of drug-likeness (QED) is 0.838. The van der Waals surface area contributed by atoms with Gasteiger partial charge in [-0.05, 0) is 36.0 Å². The second-order valence-electron chi connectivity index (χ2n) is 5.83. The first-order chi connectivity index (χ1) is 8.08. The normalized spacial score (nSPS) is 23.5. The molecule has 2 nitrogen and oxygen atoms in total. The van der Waals surface area contributed by atoms with Gasteiger partial charge in [0.05, 0.1) is 0 Å². The number of hydrogen-bond donors (Lipinski definition) is 2. The van der Waals surface area contributed by atoms with Crippen molar-refractivity contribution in [2.75, 3.05) is 0 Å². The lowest BCUT2D eigenvalue weighted by atomic mass is 9.73. The predicted molar refractivity (Wildman–Crippen MR) is 71.0 cm³/mol. The fourth-order valence-corrected chi connectivity index (χ4v) is 2.73. The molecule has 1 aliphatic carbocycles. The van der Waals surface area contributed by atoms with Gasteiger partial charge in [0.2, 0.25) is 0 Å². The molecule has 2 heteroatoms. The highest BCUT2D eigenvalue weighted by Gasteiger charge is 2.31. The van der Waals surface area contributed by atoms with Crippen LogP contribution >= 0.6 is 0 Å². The summed E-state index contributed by atoms with van der Waals surface area (Å²) in [4.78, 5) is 0. The van der Waals surface area contributed by atoms with Gasteiger partial charge in [-0.2, -0.15) is 0 Å². The molecule has 0 aromatic heterocycles. The maximum Gasteiger partial charge on any atom is 0.115 e. The molecule has 94 valence electrons. The van der Waals surface area contributed by atoms with E-state index >= 15 is 0 Å². The number of rotatable bonds is 3. The molecule has 0 amide bonds. The van der Waals surface area contributed by atoms with Crippen LogP contribution in [0, 0.1) is 5.41 Å². The lowest BCUT2D eigenvalue weighted by Crippen LogP contribution is -2.43. The van der Waals surface area contributed by atoms with Crippen molar-refractivity contribution >= 4 is 0 Å². The minimum absolute atomic E-state index is 0.340. The third kappa shape index (κ3) is 3.22. The predicted octanol–water partition coefficient (Wildman–Crippen LogP) is 3.45. The fraction of sp³-hybridized carbons (Fsp3) is 0.600. The van der Waals surface area contributed by atoms with E-state index in [2.05, 4.69) is 19.2 Å². The van der Waals surface area contributed by atoms with Gasteiger partial charge in [-0.15, -0.1) is 0 Å². The van der Waals surface area contributed by atoms with Gasteiger partial charge in [-0.25, -0.2) is 0 Å². The van der Waals surface area contributed by atoms with Gasteiger partial charge < -0.3 is 10.4 Å². The van der Waals surface area contributed by atoms with Gasteiger partial charge >= 0.3 is 0 Å². The second kappa shape index (κ2) is 5.09. The van der Waals surface area contributed by atoms with Crippen LogP contribution in [-0.4, -0.2) is 11.1 Å². The molecule has 1 unspecified atom stereocenters. The molecular weight excluding hydrogens is 210 g/mol. The Bertz CT molecular complexity index is 356. The van der Waals surface area contributed by atoms with E-state index in [1.807, 2.05) is 12.1 Å². The lowest BCUT2D eigenvalue weighted by molar-refractivity contribution is 0.167. The van der Waals surface area contributed by atoms with Crippen LogP contribution in [0.4, 0.5) is 0 Å². The Labute approximate surface area is 104 Å². The van der Waals surface area contributed by atoms with Crippen LogP contribution in [0.15, 0.2) is 24.3 Å². The van der Waals surface area contributed by atoms with Gasteiger partial charge in [-0.1, -0.05) is 38.8 Å². The molecule has 2 rings (SSSR count). The van der Waals surface area contributed by atoms with Gasteiger partial charge in [0.1, 0.15) is 5.75 Å². The number of hydrogen-bond acceptors (Lipinski definition) is 2. The van der Waals surface area contributed by atoms with E-state index < -0.39 is 0 Å². The fourth-order valence-electron chi connectivity index (χ4n) is 2.73. The highest BCUT2D eigenvalue weighted by atomic mass is 16.3. The van der Waals surface area contributed by atoms with E-state index in [9.17, 15) is 5.11 Å².